The minimum atomic E-state index is 0.332. The van der Waals surface area contributed by atoms with Gasteiger partial charge in [-0.1, -0.05) is 30.2 Å². The third kappa shape index (κ3) is 1.87. The van der Waals surface area contributed by atoms with E-state index in [4.69, 9.17) is 17.3 Å². The lowest BCUT2D eigenvalue weighted by Gasteiger charge is -2.15. The van der Waals surface area contributed by atoms with Crippen LogP contribution in [0.5, 0.6) is 0 Å². The van der Waals surface area contributed by atoms with E-state index in [0.29, 0.717) is 12.0 Å². The van der Waals surface area contributed by atoms with Crippen molar-refractivity contribution in [3.8, 4) is 0 Å². The van der Waals surface area contributed by atoms with Crippen molar-refractivity contribution in [3.63, 3.8) is 0 Å². The van der Waals surface area contributed by atoms with E-state index in [1.807, 2.05) is 18.2 Å². The van der Waals surface area contributed by atoms with Crippen LogP contribution in [-0.4, -0.2) is 6.04 Å². The molecule has 0 saturated heterocycles. The first-order valence-corrected chi connectivity index (χ1v) is 5.16. The summed E-state index contributed by atoms with van der Waals surface area (Å²) in [6.45, 7) is 0. The summed E-state index contributed by atoms with van der Waals surface area (Å²) in [5.41, 5.74) is 7.32. The molecule has 70 valence electrons. The van der Waals surface area contributed by atoms with E-state index in [-0.39, 0.29) is 0 Å². The van der Waals surface area contributed by atoms with Crippen LogP contribution in [-0.2, 0) is 0 Å². The van der Waals surface area contributed by atoms with Gasteiger partial charge in [0.1, 0.15) is 0 Å². The lowest BCUT2D eigenvalue weighted by molar-refractivity contribution is 0.613. The smallest absolute Gasteiger partial charge is 0.0408 e. The zero-order chi connectivity index (χ0) is 9.26. The lowest BCUT2D eigenvalue weighted by Crippen LogP contribution is -2.22. The molecule has 0 amide bonds. The number of nitrogens with two attached hydrogens (primary N) is 1. The monoisotopic (exact) mass is 195 g/mol. The van der Waals surface area contributed by atoms with Crippen LogP contribution in [0.3, 0.4) is 0 Å². The molecule has 1 fully saturated rings. The molecule has 2 heteroatoms. The molecule has 0 bridgehead atoms. The molecular formula is C11H14ClN. The van der Waals surface area contributed by atoms with Crippen LogP contribution in [0.1, 0.15) is 30.7 Å². The van der Waals surface area contributed by atoms with E-state index in [9.17, 15) is 0 Å². The highest BCUT2D eigenvalue weighted by molar-refractivity contribution is 6.30. The highest BCUT2D eigenvalue weighted by Crippen LogP contribution is 2.33. The van der Waals surface area contributed by atoms with Crippen molar-refractivity contribution < 1.29 is 0 Å². The number of benzene rings is 1. The largest absolute Gasteiger partial charge is 0.327 e. The maximum atomic E-state index is 6.02. The maximum Gasteiger partial charge on any atom is 0.0408 e. The fourth-order valence-corrected chi connectivity index (χ4v) is 2.34. The van der Waals surface area contributed by atoms with Crippen LogP contribution in [0.4, 0.5) is 0 Å². The summed E-state index contributed by atoms with van der Waals surface area (Å²) >= 11 is 5.93. The second-order valence-corrected chi connectivity index (χ2v) is 4.19. The van der Waals surface area contributed by atoms with Gasteiger partial charge < -0.3 is 5.73 Å². The quantitative estimate of drug-likeness (QED) is 0.733. The first kappa shape index (κ1) is 9.04. The molecule has 1 nitrogen and oxygen atoms in total. The standard InChI is InChI=1S/C11H14ClN/c12-9-4-1-3-8(7-9)10-5-2-6-11(10)13/h1,3-4,7,10-11H,2,5-6,13H2. The van der Waals surface area contributed by atoms with Gasteiger partial charge in [0, 0.05) is 11.1 Å². The Morgan fingerprint density at radius 2 is 2.15 bits per heavy atom. The minimum Gasteiger partial charge on any atom is -0.327 e. The first-order valence-electron chi connectivity index (χ1n) is 4.78. The molecule has 0 radical (unpaired) electrons. The van der Waals surface area contributed by atoms with Crippen LogP contribution >= 0.6 is 11.6 Å². The van der Waals surface area contributed by atoms with Crippen LogP contribution in [0.25, 0.3) is 0 Å². The summed E-state index contributed by atoms with van der Waals surface area (Å²) < 4.78 is 0. The van der Waals surface area contributed by atoms with E-state index in [2.05, 4.69) is 6.07 Å². The van der Waals surface area contributed by atoms with Crippen molar-refractivity contribution in [3.05, 3.63) is 34.9 Å². The van der Waals surface area contributed by atoms with E-state index < -0.39 is 0 Å². The highest BCUT2D eigenvalue weighted by Gasteiger charge is 2.25. The highest BCUT2D eigenvalue weighted by atomic mass is 35.5. The summed E-state index contributed by atoms with van der Waals surface area (Å²) in [5.74, 6) is 0.527. The van der Waals surface area contributed by atoms with Gasteiger partial charge in [-0.25, -0.2) is 0 Å². The lowest BCUT2D eigenvalue weighted by atomic mass is 9.95. The Kier molecular flexibility index (Phi) is 2.56. The Hall–Kier alpha value is -0.530. The van der Waals surface area contributed by atoms with Crippen LogP contribution in [0.2, 0.25) is 5.02 Å². The fourth-order valence-electron chi connectivity index (χ4n) is 2.14. The first-order chi connectivity index (χ1) is 6.27. The van der Waals surface area contributed by atoms with E-state index in [0.717, 1.165) is 11.4 Å². The summed E-state index contributed by atoms with van der Waals surface area (Å²) in [6.07, 6.45) is 3.61. The van der Waals surface area contributed by atoms with Gasteiger partial charge in [-0.3, -0.25) is 0 Å². The molecule has 1 aliphatic carbocycles. The summed E-state index contributed by atoms with van der Waals surface area (Å²) in [7, 11) is 0. The predicted octanol–water partition coefficient (Wildman–Crippen LogP) is 2.93. The minimum absolute atomic E-state index is 0.332. The molecule has 0 aliphatic heterocycles. The second kappa shape index (κ2) is 3.69. The molecule has 1 aliphatic rings. The van der Waals surface area contributed by atoms with Crippen LogP contribution < -0.4 is 5.73 Å². The summed E-state index contributed by atoms with van der Waals surface area (Å²) in [4.78, 5) is 0. The predicted molar refractivity (Wildman–Crippen MR) is 56.0 cm³/mol. The molecule has 0 spiro atoms. The zero-order valence-corrected chi connectivity index (χ0v) is 8.30. The molecule has 1 saturated carbocycles. The average molecular weight is 196 g/mol. The molecule has 1 aromatic carbocycles. The van der Waals surface area contributed by atoms with Crippen molar-refractivity contribution >= 4 is 11.6 Å². The maximum absolute atomic E-state index is 6.02. The molecule has 2 rings (SSSR count). The fraction of sp³-hybridized carbons (Fsp3) is 0.455. The van der Waals surface area contributed by atoms with E-state index >= 15 is 0 Å². The van der Waals surface area contributed by atoms with Crippen molar-refractivity contribution in [1.82, 2.24) is 0 Å². The Morgan fingerprint density at radius 3 is 2.77 bits per heavy atom. The summed E-state index contributed by atoms with van der Waals surface area (Å²) in [5, 5.41) is 0.816. The van der Waals surface area contributed by atoms with Gasteiger partial charge in [0.15, 0.2) is 0 Å². The molecule has 2 unspecified atom stereocenters. The third-order valence-corrected chi connectivity index (χ3v) is 3.08. The molecule has 0 heterocycles. The van der Waals surface area contributed by atoms with Crippen molar-refractivity contribution in [2.24, 2.45) is 5.73 Å². The number of hydrogen-bond donors (Lipinski definition) is 1. The SMILES string of the molecule is NC1CCCC1c1cccc(Cl)c1. The Morgan fingerprint density at radius 1 is 1.31 bits per heavy atom. The van der Waals surface area contributed by atoms with Crippen LogP contribution in [0, 0.1) is 0 Å². The van der Waals surface area contributed by atoms with Crippen molar-refractivity contribution in [2.45, 2.75) is 31.2 Å². The third-order valence-electron chi connectivity index (χ3n) is 2.85. The topological polar surface area (TPSA) is 26.0 Å². The van der Waals surface area contributed by atoms with Gasteiger partial charge in [-0.05, 0) is 36.5 Å². The molecule has 2 N–H and O–H groups in total. The van der Waals surface area contributed by atoms with Gasteiger partial charge >= 0.3 is 0 Å². The van der Waals surface area contributed by atoms with Gasteiger partial charge in [0.05, 0.1) is 0 Å². The number of hydrogen-bond acceptors (Lipinski definition) is 1. The molecule has 0 aromatic heterocycles. The van der Waals surface area contributed by atoms with Crippen molar-refractivity contribution in [2.75, 3.05) is 0 Å². The number of halogens is 1. The Balaban J connectivity index is 2.24. The second-order valence-electron chi connectivity index (χ2n) is 3.76. The molecule has 1 aromatic rings. The Bertz CT molecular complexity index is 298. The molecular weight excluding hydrogens is 182 g/mol. The van der Waals surface area contributed by atoms with Gasteiger partial charge in [-0.2, -0.15) is 0 Å². The van der Waals surface area contributed by atoms with E-state index in [1.54, 1.807) is 0 Å². The summed E-state index contributed by atoms with van der Waals surface area (Å²) in [6, 6.07) is 8.41. The molecule has 2 atom stereocenters. The van der Waals surface area contributed by atoms with Crippen molar-refractivity contribution in [1.29, 1.82) is 0 Å². The van der Waals surface area contributed by atoms with Gasteiger partial charge in [-0.15, -0.1) is 0 Å². The average Bonchev–Trinajstić information content (AvgIpc) is 2.51. The van der Waals surface area contributed by atoms with Gasteiger partial charge in [0.25, 0.3) is 0 Å². The van der Waals surface area contributed by atoms with E-state index in [1.165, 1.54) is 18.4 Å². The van der Waals surface area contributed by atoms with Gasteiger partial charge in [0.2, 0.25) is 0 Å². The molecule has 13 heavy (non-hydrogen) atoms. The Labute approximate surface area is 83.9 Å². The zero-order valence-electron chi connectivity index (χ0n) is 7.54. The van der Waals surface area contributed by atoms with Crippen LogP contribution in [0.15, 0.2) is 24.3 Å². The number of rotatable bonds is 1. The normalized spacial score (nSPS) is 27.8.